The zero-order chi connectivity index (χ0) is 17.4. The molecule has 1 aliphatic carbocycles. The molecule has 0 atom stereocenters. The van der Waals surface area contributed by atoms with Gasteiger partial charge in [0, 0.05) is 15.1 Å². The molecule has 3 aromatic rings. The SMILES string of the molecule is Cc1c(C2CCC(c3ccccc3)(N(C)C)CC2)sc2ccccc12. The van der Waals surface area contributed by atoms with Gasteiger partial charge in [-0.05, 0) is 75.2 Å². The second kappa shape index (κ2) is 6.59. The van der Waals surface area contributed by atoms with Crippen LogP contribution in [0.15, 0.2) is 54.6 Å². The minimum atomic E-state index is 0.197. The Morgan fingerprint density at radius 3 is 2.20 bits per heavy atom. The van der Waals surface area contributed by atoms with Gasteiger partial charge in [0.05, 0.1) is 0 Å². The molecule has 0 radical (unpaired) electrons. The normalized spacial score (nSPS) is 24.1. The van der Waals surface area contributed by atoms with Crippen molar-refractivity contribution in [3.8, 4) is 0 Å². The Balaban J connectivity index is 1.62. The van der Waals surface area contributed by atoms with Crippen LogP contribution in [0.1, 0.15) is 47.6 Å². The smallest absolute Gasteiger partial charge is 0.0455 e. The Hall–Kier alpha value is -1.64. The van der Waals surface area contributed by atoms with Crippen molar-refractivity contribution < 1.29 is 0 Å². The van der Waals surface area contributed by atoms with Crippen molar-refractivity contribution in [2.75, 3.05) is 14.1 Å². The van der Waals surface area contributed by atoms with E-state index >= 15 is 0 Å². The van der Waals surface area contributed by atoms with Crippen LogP contribution in [0.5, 0.6) is 0 Å². The van der Waals surface area contributed by atoms with Crippen molar-refractivity contribution >= 4 is 21.4 Å². The zero-order valence-electron chi connectivity index (χ0n) is 15.5. The summed E-state index contributed by atoms with van der Waals surface area (Å²) in [6.45, 7) is 2.32. The third-order valence-electron chi connectivity index (χ3n) is 6.23. The Bertz CT molecular complexity index is 854. The van der Waals surface area contributed by atoms with Crippen molar-refractivity contribution in [2.45, 2.75) is 44.1 Å². The number of hydrogen-bond acceptors (Lipinski definition) is 2. The van der Waals surface area contributed by atoms with Gasteiger partial charge in [-0.2, -0.15) is 0 Å². The summed E-state index contributed by atoms with van der Waals surface area (Å²) < 4.78 is 1.45. The minimum absolute atomic E-state index is 0.197. The summed E-state index contributed by atoms with van der Waals surface area (Å²) in [5, 5.41) is 1.45. The maximum atomic E-state index is 2.45. The molecule has 0 bridgehead atoms. The van der Waals surface area contributed by atoms with E-state index in [4.69, 9.17) is 0 Å². The van der Waals surface area contributed by atoms with Gasteiger partial charge in [0.2, 0.25) is 0 Å². The third-order valence-corrected chi connectivity index (χ3v) is 7.67. The highest BCUT2D eigenvalue weighted by atomic mass is 32.1. The summed E-state index contributed by atoms with van der Waals surface area (Å²) in [5.74, 6) is 0.717. The number of nitrogens with zero attached hydrogens (tertiary/aromatic N) is 1. The van der Waals surface area contributed by atoms with Crippen LogP contribution in [0.25, 0.3) is 10.1 Å². The molecule has 2 aromatic carbocycles. The molecule has 0 unspecified atom stereocenters. The molecule has 1 aliphatic rings. The molecule has 130 valence electrons. The predicted octanol–water partition coefficient (Wildman–Crippen LogP) is 6.32. The molecule has 0 amide bonds. The van der Waals surface area contributed by atoms with Gasteiger partial charge < -0.3 is 0 Å². The van der Waals surface area contributed by atoms with Gasteiger partial charge in [-0.3, -0.25) is 4.90 Å². The van der Waals surface area contributed by atoms with Crippen LogP contribution in [-0.4, -0.2) is 19.0 Å². The summed E-state index contributed by atoms with van der Waals surface area (Å²) >= 11 is 2.02. The van der Waals surface area contributed by atoms with E-state index in [1.165, 1.54) is 46.9 Å². The number of hydrogen-bond donors (Lipinski definition) is 0. The fourth-order valence-corrected chi connectivity index (χ4v) is 6.06. The second-order valence-corrected chi connectivity index (χ2v) is 8.74. The number of thiophene rings is 1. The van der Waals surface area contributed by atoms with Gasteiger partial charge in [-0.25, -0.2) is 0 Å². The van der Waals surface area contributed by atoms with Crippen LogP contribution in [0, 0.1) is 6.92 Å². The van der Waals surface area contributed by atoms with Crippen molar-refractivity contribution in [1.29, 1.82) is 0 Å². The van der Waals surface area contributed by atoms with E-state index in [2.05, 4.69) is 80.5 Å². The van der Waals surface area contributed by atoms with Crippen LogP contribution in [0.4, 0.5) is 0 Å². The quantitative estimate of drug-likeness (QED) is 0.534. The average Bonchev–Trinajstić information content (AvgIpc) is 2.99. The number of benzene rings is 2. The monoisotopic (exact) mass is 349 g/mol. The number of rotatable bonds is 3. The topological polar surface area (TPSA) is 3.24 Å². The first-order valence-electron chi connectivity index (χ1n) is 9.33. The molecule has 0 spiro atoms. The lowest BCUT2D eigenvalue weighted by Crippen LogP contribution is -2.44. The van der Waals surface area contributed by atoms with E-state index in [1.807, 2.05) is 11.3 Å². The Morgan fingerprint density at radius 1 is 0.920 bits per heavy atom. The van der Waals surface area contributed by atoms with E-state index in [0.717, 1.165) is 0 Å². The van der Waals surface area contributed by atoms with E-state index in [1.54, 1.807) is 4.88 Å². The van der Waals surface area contributed by atoms with E-state index in [9.17, 15) is 0 Å². The van der Waals surface area contributed by atoms with Gasteiger partial charge in [0.1, 0.15) is 0 Å². The highest BCUT2D eigenvalue weighted by Gasteiger charge is 2.39. The van der Waals surface area contributed by atoms with Crippen LogP contribution < -0.4 is 0 Å². The Labute approximate surface area is 155 Å². The largest absolute Gasteiger partial charge is 0.300 e. The molecule has 1 heterocycles. The predicted molar refractivity (Wildman–Crippen MR) is 110 cm³/mol. The van der Waals surface area contributed by atoms with Gasteiger partial charge in [0.15, 0.2) is 0 Å². The maximum absolute atomic E-state index is 2.45. The number of fused-ring (bicyclic) bond motifs is 1. The van der Waals surface area contributed by atoms with Gasteiger partial charge >= 0.3 is 0 Å². The summed E-state index contributed by atoms with van der Waals surface area (Å²) in [6.07, 6.45) is 5.03. The second-order valence-electron chi connectivity index (χ2n) is 7.65. The standard InChI is InChI=1S/C23H27NS/c1-17-20-11-7-8-12-21(20)25-22(17)18-13-15-23(16-14-18,24(2)3)19-9-5-4-6-10-19/h4-12,18H,13-16H2,1-3H3. The van der Waals surface area contributed by atoms with Crippen LogP contribution >= 0.6 is 11.3 Å². The summed E-state index contributed by atoms with van der Waals surface area (Å²) in [4.78, 5) is 4.08. The summed E-state index contributed by atoms with van der Waals surface area (Å²) in [7, 11) is 4.50. The molecular formula is C23H27NS. The highest BCUT2D eigenvalue weighted by molar-refractivity contribution is 7.19. The number of aryl methyl sites for hydroxylation is 1. The van der Waals surface area contributed by atoms with Gasteiger partial charge in [0.25, 0.3) is 0 Å². The first kappa shape index (κ1) is 16.8. The van der Waals surface area contributed by atoms with Crippen LogP contribution in [0.3, 0.4) is 0 Å². The zero-order valence-corrected chi connectivity index (χ0v) is 16.3. The molecule has 0 aliphatic heterocycles. The van der Waals surface area contributed by atoms with Crippen LogP contribution in [0.2, 0.25) is 0 Å². The molecule has 25 heavy (non-hydrogen) atoms. The molecule has 1 saturated carbocycles. The van der Waals surface area contributed by atoms with Crippen molar-refractivity contribution in [1.82, 2.24) is 4.90 Å². The maximum Gasteiger partial charge on any atom is 0.0455 e. The highest BCUT2D eigenvalue weighted by Crippen LogP contribution is 2.49. The average molecular weight is 350 g/mol. The van der Waals surface area contributed by atoms with E-state index in [-0.39, 0.29) is 5.54 Å². The summed E-state index contributed by atoms with van der Waals surface area (Å²) in [5.41, 5.74) is 3.19. The third kappa shape index (κ3) is 2.82. The fraction of sp³-hybridized carbons (Fsp3) is 0.391. The van der Waals surface area contributed by atoms with Crippen LogP contribution in [-0.2, 0) is 5.54 Å². The van der Waals surface area contributed by atoms with Gasteiger partial charge in [-0.1, -0.05) is 48.5 Å². The molecule has 4 rings (SSSR count). The summed E-state index contributed by atoms with van der Waals surface area (Å²) in [6, 6.07) is 20.0. The molecule has 1 nitrogen and oxygen atoms in total. The minimum Gasteiger partial charge on any atom is -0.300 e. The molecular weight excluding hydrogens is 322 g/mol. The molecule has 1 fully saturated rings. The lowest BCUT2D eigenvalue weighted by Gasteiger charge is -2.45. The molecule has 0 saturated heterocycles. The first-order valence-corrected chi connectivity index (χ1v) is 10.1. The molecule has 0 N–H and O–H groups in total. The van der Waals surface area contributed by atoms with E-state index in [0.29, 0.717) is 5.92 Å². The van der Waals surface area contributed by atoms with Gasteiger partial charge in [-0.15, -0.1) is 11.3 Å². The molecule has 1 aromatic heterocycles. The Morgan fingerprint density at radius 2 is 1.56 bits per heavy atom. The first-order chi connectivity index (χ1) is 12.1. The fourth-order valence-electron chi connectivity index (χ4n) is 4.68. The lowest BCUT2D eigenvalue weighted by molar-refractivity contribution is 0.0913. The van der Waals surface area contributed by atoms with Crippen molar-refractivity contribution in [3.63, 3.8) is 0 Å². The van der Waals surface area contributed by atoms with Crippen molar-refractivity contribution in [2.24, 2.45) is 0 Å². The Kier molecular flexibility index (Phi) is 4.43. The lowest BCUT2D eigenvalue weighted by atomic mass is 9.71. The van der Waals surface area contributed by atoms with E-state index < -0.39 is 0 Å². The molecule has 2 heteroatoms. The van der Waals surface area contributed by atoms with Crippen molar-refractivity contribution in [3.05, 3.63) is 70.6 Å².